The number of hydrogen-bond donors (Lipinski definition) is 2. The molecule has 0 saturated carbocycles. The molecule has 146 valence electrons. The second kappa shape index (κ2) is 8.67. The Bertz CT molecular complexity index is 999. The van der Waals surface area contributed by atoms with E-state index in [1.54, 1.807) is 11.3 Å². The number of thiophene rings is 1. The topological polar surface area (TPSA) is 78.1 Å². The largest absolute Gasteiger partial charge is 0.352 e. The summed E-state index contributed by atoms with van der Waals surface area (Å²) in [6.07, 6.45) is 2.71. The van der Waals surface area contributed by atoms with Crippen LogP contribution in [0.4, 0.5) is 0 Å². The molecule has 2 aromatic heterocycles. The van der Waals surface area contributed by atoms with Gasteiger partial charge >= 0.3 is 0 Å². The van der Waals surface area contributed by atoms with Crippen molar-refractivity contribution in [3.63, 3.8) is 0 Å². The van der Waals surface area contributed by atoms with E-state index < -0.39 is 0 Å². The number of H-pyrrole nitrogens is 1. The summed E-state index contributed by atoms with van der Waals surface area (Å²) in [5.41, 5.74) is 1.66. The molecule has 1 fully saturated rings. The molecule has 6 nitrogen and oxygen atoms in total. The fourth-order valence-electron chi connectivity index (χ4n) is 3.71. The SMILES string of the molecule is O=C(CCc1nc2ccccc2[nH]c1=O)N[C@H]1CCCN(Cc2cccs2)C1. The molecule has 3 aromatic rings. The highest BCUT2D eigenvalue weighted by atomic mass is 32.1. The molecule has 0 unspecified atom stereocenters. The molecule has 1 amide bonds. The molecule has 0 bridgehead atoms. The average Bonchev–Trinajstić information content (AvgIpc) is 3.19. The summed E-state index contributed by atoms with van der Waals surface area (Å²) in [5.74, 6) is -0.0164. The number of fused-ring (bicyclic) bond motifs is 1. The number of carbonyl (C=O) groups is 1. The highest BCUT2D eigenvalue weighted by Crippen LogP contribution is 2.17. The van der Waals surface area contributed by atoms with Crippen molar-refractivity contribution >= 4 is 28.3 Å². The maximum atomic E-state index is 12.4. The normalized spacial score (nSPS) is 17.6. The Kier molecular flexibility index (Phi) is 5.83. The molecule has 28 heavy (non-hydrogen) atoms. The van der Waals surface area contributed by atoms with Crippen LogP contribution >= 0.6 is 11.3 Å². The Morgan fingerprint density at radius 1 is 1.29 bits per heavy atom. The molecule has 1 aliphatic heterocycles. The van der Waals surface area contributed by atoms with Gasteiger partial charge in [0.2, 0.25) is 5.91 Å². The van der Waals surface area contributed by atoms with Gasteiger partial charge in [0.1, 0.15) is 5.69 Å². The van der Waals surface area contributed by atoms with E-state index in [4.69, 9.17) is 0 Å². The predicted molar refractivity (Wildman–Crippen MR) is 111 cm³/mol. The highest BCUT2D eigenvalue weighted by Gasteiger charge is 2.21. The Morgan fingerprint density at radius 2 is 2.18 bits per heavy atom. The van der Waals surface area contributed by atoms with Crippen LogP contribution in [0.2, 0.25) is 0 Å². The number of nitrogens with zero attached hydrogens (tertiary/aromatic N) is 2. The van der Waals surface area contributed by atoms with Crippen LogP contribution in [0.25, 0.3) is 11.0 Å². The Balaban J connectivity index is 1.30. The number of piperidine rings is 1. The maximum Gasteiger partial charge on any atom is 0.270 e. The van der Waals surface area contributed by atoms with Gasteiger partial charge in [-0.15, -0.1) is 11.3 Å². The molecule has 0 spiro atoms. The highest BCUT2D eigenvalue weighted by molar-refractivity contribution is 7.09. The smallest absolute Gasteiger partial charge is 0.270 e. The number of aryl methyl sites for hydroxylation is 1. The van der Waals surface area contributed by atoms with Gasteiger partial charge in [0.15, 0.2) is 0 Å². The third-order valence-electron chi connectivity index (χ3n) is 5.09. The Morgan fingerprint density at radius 3 is 3.04 bits per heavy atom. The minimum absolute atomic E-state index is 0.0164. The summed E-state index contributed by atoms with van der Waals surface area (Å²) in [4.78, 5) is 35.6. The van der Waals surface area contributed by atoms with Crippen LogP contribution in [0.1, 0.15) is 29.8 Å². The van der Waals surface area contributed by atoms with E-state index in [9.17, 15) is 9.59 Å². The van der Waals surface area contributed by atoms with Crippen LogP contribution in [-0.4, -0.2) is 39.9 Å². The van der Waals surface area contributed by atoms with Gasteiger partial charge in [-0.2, -0.15) is 0 Å². The molecule has 2 N–H and O–H groups in total. The second-order valence-electron chi connectivity index (χ2n) is 7.25. The van der Waals surface area contributed by atoms with Gasteiger partial charge in [0.25, 0.3) is 5.56 Å². The van der Waals surface area contributed by atoms with E-state index in [0.29, 0.717) is 17.6 Å². The van der Waals surface area contributed by atoms with Gasteiger partial charge in [-0.25, -0.2) is 4.98 Å². The third kappa shape index (κ3) is 4.66. The molecular formula is C21H24N4O2S. The van der Waals surface area contributed by atoms with E-state index in [1.165, 1.54) is 4.88 Å². The van der Waals surface area contributed by atoms with E-state index in [2.05, 4.69) is 37.7 Å². The van der Waals surface area contributed by atoms with Crippen LogP contribution in [0, 0.1) is 0 Å². The number of carbonyl (C=O) groups excluding carboxylic acids is 1. The Hall–Kier alpha value is -2.51. The van der Waals surface area contributed by atoms with Gasteiger partial charge in [0.05, 0.1) is 11.0 Å². The number of benzene rings is 1. The van der Waals surface area contributed by atoms with Gasteiger partial charge in [-0.05, 0) is 43.0 Å². The molecule has 7 heteroatoms. The van der Waals surface area contributed by atoms with E-state index in [0.717, 1.165) is 38.0 Å². The van der Waals surface area contributed by atoms with Crippen LogP contribution in [0.3, 0.4) is 0 Å². The lowest BCUT2D eigenvalue weighted by atomic mass is 10.1. The molecule has 3 heterocycles. The summed E-state index contributed by atoms with van der Waals surface area (Å²) >= 11 is 1.77. The number of rotatable bonds is 6. The first kappa shape index (κ1) is 18.8. The number of amides is 1. The third-order valence-corrected chi connectivity index (χ3v) is 5.95. The number of aromatic amines is 1. The summed E-state index contributed by atoms with van der Waals surface area (Å²) in [6, 6.07) is 11.8. The second-order valence-corrected chi connectivity index (χ2v) is 8.28. The fraction of sp³-hybridized carbons (Fsp3) is 0.381. The van der Waals surface area contributed by atoms with E-state index in [1.807, 2.05) is 24.3 Å². The first-order valence-electron chi connectivity index (χ1n) is 9.69. The molecule has 1 saturated heterocycles. The van der Waals surface area contributed by atoms with E-state index in [-0.39, 0.29) is 23.9 Å². The van der Waals surface area contributed by atoms with Crippen molar-refractivity contribution in [2.24, 2.45) is 0 Å². The van der Waals surface area contributed by atoms with Gasteiger partial charge in [-0.3, -0.25) is 14.5 Å². The van der Waals surface area contributed by atoms with Crippen molar-refractivity contribution in [2.75, 3.05) is 13.1 Å². The number of aromatic nitrogens is 2. The molecule has 1 aliphatic rings. The zero-order valence-corrected chi connectivity index (χ0v) is 16.5. The lowest BCUT2D eigenvalue weighted by molar-refractivity contribution is -0.122. The number of likely N-dealkylation sites (tertiary alicyclic amines) is 1. The first-order valence-corrected chi connectivity index (χ1v) is 10.6. The van der Waals surface area contributed by atoms with Crippen molar-refractivity contribution in [1.82, 2.24) is 20.2 Å². The van der Waals surface area contributed by atoms with E-state index >= 15 is 0 Å². The molecule has 0 aliphatic carbocycles. The fourth-order valence-corrected chi connectivity index (χ4v) is 4.45. The minimum Gasteiger partial charge on any atom is -0.352 e. The van der Waals surface area contributed by atoms with Crippen molar-refractivity contribution in [2.45, 2.75) is 38.3 Å². The zero-order chi connectivity index (χ0) is 19.3. The standard InChI is InChI=1S/C21H24N4O2S/c26-20(10-9-19-21(27)24-18-8-2-1-7-17(18)23-19)22-15-5-3-11-25(13-15)14-16-6-4-12-28-16/h1-2,4,6-8,12,15H,3,5,9-11,13-14H2,(H,22,26)(H,24,27)/t15-/m0/s1. The van der Waals surface area contributed by atoms with Crippen LogP contribution in [-0.2, 0) is 17.8 Å². The molecule has 4 rings (SSSR count). The average molecular weight is 397 g/mol. The van der Waals surface area contributed by atoms with Crippen LogP contribution < -0.4 is 10.9 Å². The van der Waals surface area contributed by atoms with Gasteiger partial charge < -0.3 is 10.3 Å². The monoisotopic (exact) mass is 396 g/mol. The predicted octanol–water partition coefficient (Wildman–Crippen LogP) is 2.70. The molecular weight excluding hydrogens is 372 g/mol. The number of hydrogen-bond acceptors (Lipinski definition) is 5. The molecule has 0 radical (unpaired) electrons. The van der Waals surface area contributed by atoms with Crippen LogP contribution in [0.15, 0.2) is 46.6 Å². The van der Waals surface area contributed by atoms with Gasteiger partial charge in [0, 0.05) is 36.9 Å². The summed E-state index contributed by atoms with van der Waals surface area (Å²) in [5, 5.41) is 5.24. The summed E-state index contributed by atoms with van der Waals surface area (Å²) < 4.78 is 0. The van der Waals surface area contributed by atoms with Crippen molar-refractivity contribution in [3.8, 4) is 0 Å². The maximum absolute atomic E-state index is 12.4. The number of nitrogens with one attached hydrogen (secondary N) is 2. The number of para-hydroxylation sites is 2. The minimum atomic E-state index is -0.216. The first-order chi connectivity index (χ1) is 13.7. The van der Waals surface area contributed by atoms with Gasteiger partial charge in [-0.1, -0.05) is 18.2 Å². The zero-order valence-electron chi connectivity index (χ0n) is 15.7. The van der Waals surface area contributed by atoms with Crippen molar-refractivity contribution < 1.29 is 4.79 Å². The lowest BCUT2D eigenvalue weighted by Crippen LogP contribution is -2.47. The molecule has 1 atom stereocenters. The van der Waals surface area contributed by atoms with Crippen molar-refractivity contribution in [3.05, 3.63) is 62.7 Å². The molecule has 1 aromatic carbocycles. The summed E-state index contributed by atoms with van der Waals surface area (Å²) in [7, 11) is 0. The Labute approximate surface area is 167 Å². The van der Waals surface area contributed by atoms with Crippen LogP contribution in [0.5, 0.6) is 0 Å². The van der Waals surface area contributed by atoms with Crippen molar-refractivity contribution in [1.29, 1.82) is 0 Å². The lowest BCUT2D eigenvalue weighted by Gasteiger charge is -2.32. The quantitative estimate of drug-likeness (QED) is 0.672. The summed E-state index contributed by atoms with van der Waals surface area (Å²) in [6.45, 7) is 2.89.